The number of furan rings is 1. The predicted octanol–water partition coefficient (Wildman–Crippen LogP) is 6.63. The molecule has 3 heterocycles. The highest BCUT2D eigenvalue weighted by atomic mass is 32.2. The fourth-order valence-electron chi connectivity index (χ4n) is 5.44. The summed E-state index contributed by atoms with van der Waals surface area (Å²) in [6.45, 7) is 1.16. The molecule has 1 saturated heterocycles. The van der Waals surface area contributed by atoms with Crippen LogP contribution in [-0.4, -0.2) is 46.1 Å². The van der Waals surface area contributed by atoms with E-state index >= 15 is 0 Å². The van der Waals surface area contributed by atoms with Gasteiger partial charge in [-0.3, -0.25) is 9.10 Å². The Balaban J connectivity index is 1.41. The second-order valence-corrected chi connectivity index (χ2v) is 12.4. The lowest BCUT2D eigenvalue weighted by Gasteiger charge is -2.34. The number of sulfonamides is 1. The first-order chi connectivity index (χ1) is 20.1. The van der Waals surface area contributed by atoms with E-state index in [4.69, 9.17) is 8.83 Å². The van der Waals surface area contributed by atoms with Crippen LogP contribution in [0.3, 0.4) is 0 Å². The van der Waals surface area contributed by atoms with Crippen molar-refractivity contribution in [2.45, 2.75) is 18.8 Å². The smallest absolute Gasteiger partial charge is 0.297 e. The topological polar surface area (TPSA) is 96.9 Å². The van der Waals surface area contributed by atoms with E-state index in [9.17, 15) is 22.0 Å². The number of carbonyl (C=O) groups is 1. The van der Waals surface area contributed by atoms with Gasteiger partial charge in [-0.15, -0.1) is 0 Å². The number of aldehydes is 1. The lowest BCUT2D eigenvalue weighted by atomic mass is 9.88. The first-order valence-electron chi connectivity index (χ1n) is 13.3. The summed E-state index contributed by atoms with van der Waals surface area (Å²) in [6, 6.07) is 15.5. The molecular weight excluding hydrogens is 564 g/mol. The molecule has 1 aliphatic rings. The molecule has 0 aliphatic carbocycles. The Bertz CT molecular complexity index is 1880. The standard InChI is InChI=1S/C31H27F2N3O5S/c1-35(42(2,38)39)27-15-28-25(26(18-37)30(40-28)20-7-11-23(33)12-8-20)14-24(27)21-4-3-13-36(17-21)31-34-16-29(41-31)19-5-9-22(32)10-6-19/h5-12,14-16,18,21H,3-4,13,17H2,1-2H3. The van der Waals surface area contributed by atoms with Gasteiger partial charge in [-0.25, -0.2) is 22.2 Å². The minimum atomic E-state index is -3.64. The number of nitrogens with zero attached hydrogens (tertiary/aromatic N) is 3. The Morgan fingerprint density at radius 3 is 2.31 bits per heavy atom. The monoisotopic (exact) mass is 591 g/mol. The number of halogens is 2. The molecule has 6 rings (SSSR count). The van der Waals surface area contributed by atoms with Crippen LogP contribution in [0.25, 0.3) is 33.6 Å². The third kappa shape index (κ3) is 5.16. The molecule has 1 aliphatic heterocycles. The van der Waals surface area contributed by atoms with Crippen LogP contribution in [0.1, 0.15) is 34.7 Å². The number of oxazole rings is 1. The molecule has 1 atom stereocenters. The van der Waals surface area contributed by atoms with E-state index in [0.29, 0.717) is 64.5 Å². The van der Waals surface area contributed by atoms with Crippen molar-refractivity contribution in [1.82, 2.24) is 4.98 Å². The van der Waals surface area contributed by atoms with Gasteiger partial charge in [0.15, 0.2) is 12.0 Å². The summed E-state index contributed by atoms with van der Waals surface area (Å²) in [7, 11) is -2.16. The number of fused-ring (bicyclic) bond motifs is 1. The van der Waals surface area contributed by atoms with Gasteiger partial charge in [-0.2, -0.15) is 0 Å². The zero-order chi connectivity index (χ0) is 29.6. The highest BCUT2D eigenvalue weighted by Crippen LogP contribution is 2.42. The maximum absolute atomic E-state index is 13.6. The van der Waals surface area contributed by atoms with Crippen LogP contribution in [-0.2, 0) is 10.0 Å². The molecular formula is C31H27F2N3O5S. The number of piperidine rings is 1. The van der Waals surface area contributed by atoms with Crippen molar-refractivity contribution >= 4 is 39.0 Å². The zero-order valence-electron chi connectivity index (χ0n) is 22.9. The van der Waals surface area contributed by atoms with E-state index in [1.165, 1.54) is 47.8 Å². The normalized spacial score (nSPS) is 15.7. The maximum atomic E-state index is 13.6. The van der Waals surface area contributed by atoms with E-state index < -0.39 is 15.8 Å². The van der Waals surface area contributed by atoms with Crippen LogP contribution in [0.15, 0.2) is 75.7 Å². The fraction of sp³-hybridized carbons (Fsp3) is 0.226. The highest BCUT2D eigenvalue weighted by Gasteiger charge is 2.30. The number of rotatable bonds is 7. The summed E-state index contributed by atoms with van der Waals surface area (Å²) in [5.74, 6) is -0.104. The van der Waals surface area contributed by atoms with Crippen LogP contribution < -0.4 is 9.21 Å². The van der Waals surface area contributed by atoms with Crippen molar-refractivity contribution in [3.8, 4) is 22.6 Å². The molecule has 42 heavy (non-hydrogen) atoms. The van der Waals surface area contributed by atoms with Crippen molar-refractivity contribution in [2.75, 3.05) is 35.6 Å². The Morgan fingerprint density at radius 2 is 1.67 bits per heavy atom. The quantitative estimate of drug-likeness (QED) is 0.196. The van der Waals surface area contributed by atoms with Crippen molar-refractivity contribution < 1.29 is 30.8 Å². The van der Waals surface area contributed by atoms with Gasteiger partial charge in [0, 0.05) is 48.6 Å². The first-order valence-corrected chi connectivity index (χ1v) is 15.2. The van der Waals surface area contributed by atoms with Crippen LogP contribution >= 0.6 is 0 Å². The summed E-state index contributed by atoms with van der Waals surface area (Å²) < 4.78 is 65.6. The molecule has 0 saturated carbocycles. The Hall–Kier alpha value is -4.51. The lowest BCUT2D eigenvalue weighted by molar-refractivity contribution is 0.112. The Labute approximate surface area is 241 Å². The van der Waals surface area contributed by atoms with Gasteiger partial charge < -0.3 is 13.7 Å². The molecule has 1 unspecified atom stereocenters. The third-order valence-electron chi connectivity index (χ3n) is 7.69. The van der Waals surface area contributed by atoms with Gasteiger partial charge >= 0.3 is 0 Å². The molecule has 5 aromatic rings. The molecule has 8 nitrogen and oxygen atoms in total. The van der Waals surface area contributed by atoms with Crippen molar-refractivity contribution in [1.29, 1.82) is 0 Å². The predicted molar refractivity (Wildman–Crippen MR) is 156 cm³/mol. The van der Waals surface area contributed by atoms with Gasteiger partial charge in [-0.1, -0.05) is 0 Å². The molecule has 0 spiro atoms. The number of hydrogen-bond donors (Lipinski definition) is 0. The molecule has 0 N–H and O–H groups in total. The highest BCUT2D eigenvalue weighted by molar-refractivity contribution is 7.92. The van der Waals surface area contributed by atoms with Crippen LogP contribution in [0.2, 0.25) is 0 Å². The van der Waals surface area contributed by atoms with E-state index in [0.717, 1.165) is 24.7 Å². The lowest BCUT2D eigenvalue weighted by Crippen LogP contribution is -2.35. The van der Waals surface area contributed by atoms with Crippen LogP contribution in [0, 0.1) is 11.6 Å². The van der Waals surface area contributed by atoms with E-state index in [-0.39, 0.29) is 17.5 Å². The largest absolute Gasteiger partial charge is 0.455 e. The molecule has 216 valence electrons. The fourth-order valence-corrected chi connectivity index (χ4v) is 5.96. The van der Waals surface area contributed by atoms with E-state index in [1.807, 2.05) is 11.0 Å². The van der Waals surface area contributed by atoms with E-state index in [1.54, 1.807) is 24.4 Å². The summed E-state index contributed by atoms with van der Waals surface area (Å²) >= 11 is 0. The van der Waals surface area contributed by atoms with Crippen molar-refractivity contribution in [3.05, 3.63) is 89.6 Å². The number of anilines is 2. The number of carbonyl (C=O) groups excluding carboxylic acids is 1. The second kappa shape index (κ2) is 10.7. The summed E-state index contributed by atoms with van der Waals surface area (Å²) in [5.41, 5.74) is 3.04. The molecule has 0 bridgehead atoms. The number of hydrogen-bond acceptors (Lipinski definition) is 7. The van der Waals surface area contributed by atoms with Crippen LogP contribution in [0.4, 0.5) is 20.5 Å². The average molecular weight is 592 g/mol. The molecule has 1 fully saturated rings. The molecule has 2 aromatic heterocycles. The zero-order valence-corrected chi connectivity index (χ0v) is 23.7. The third-order valence-corrected chi connectivity index (χ3v) is 8.88. The molecule has 11 heteroatoms. The summed E-state index contributed by atoms with van der Waals surface area (Å²) in [4.78, 5) is 18.7. The van der Waals surface area contributed by atoms with E-state index in [2.05, 4.69) is 4.98 Å². The van der Waals surface area contributed by atoms with Gasteiger partial charge in [-0.05, 0) is 73.0 Å². The average Bonchev–Trinajstić information content (AvgIpc) is 3.61. The SMILES string of the molecule is CN(c1cc2oc(-c3ccc(F)cc3)c(C=O)c2cc1C1CCCN(c2ncc(-c3ccc(F)cc3)o2)C1)S(C)(=O)=O. The van der Waals surface area contributed by atoms with Gasteiger partial charge in [0.2, 0.25) is 10.0 Å². The molecule has 0 amide bonds. The minimum absolute atomic E-state index is 0.132. The molecule has 0 radical (unpaired) electrons. The summed E-state index contributed by atoms with van der Waals surface area (Å²) in [6.07, 6.45) is 4.97. The minimum Gasteiger partial charge on any atom is -0.455 e. The summed E-state index contributed by atoms with van der Waals surface area (Å²) in [5, 5.41) is 0.539. The second-order valence-electron chi connectivity index (χ2n) is 10.4. The van der Waals surface area contributed by atoms with Gasteiger partial charge in [0.25, 0.3) is 6.01 Å². The van der Waals surface area contributed by atoms with Crippen LogP contribution in [0.5, 0.6) is 0 Å². The number of aromatic nitrogens is 1. The Kier molecular flexibility index (Phi) is 7.05. The van der Waals surface area contributed by atoms with Crippen molar-refractivity contribution in [2.24, 2.45) is 0 Å². The Morgan fingerprint density at radius 1 is 1.00 bits per heavy atom. The van der Waals surface area contributed by atoms with Gasteiger partial charge in [0.05, 0.1) is 23.7 Å². The van der Waals surface area contributed by atoms with Gasteiger partial charge in [0.1, 0.15) is 23.0 Å². The molecule has 3 aromatic carbocycles. The first kappa shape index (κ1) is 27.6. The van der Waals surface area contributed by atoms with Crippen molar-refractivity contribution in [3.63, 3.8) is 0 Å². The maximum Gasteiger partial charge on any atom is 0.297 e. The number of benzene rings is 3.